The van der Waals surface area contributed by atoms with Crippen LogP contribution in [-0.2, 0) is 11.2 Å². The maximum atomic E-state index is 11.3. The van der Waals surface area contributed by atoms with Crippen molar-refractivity contribution in [1.82, 2.24) is 9.97 Å². The number of amides is 1. The Bertz CT molecular complexity index is 690. The van der Waals surface area contributed by atoms with Gasteiger partial charge in [-0.2, -0.15) is 4.98 Å². The molecule has 6 nitrogen and oxygen atoms in total. The molecule has 1 aliphatic rings. The molecule has 2 heterocycles. The van der Waals surface area contributed by atoms with Gasteiger partial charge in [0.2, 0.25) is 11.8 Å². The summed E-state index contributed by atoms with van der Waals surface area (Å²) in [5, 5.41) is 2.98. The van der Waals surface area contributed by atoms with Crippen LogP contribution in [0.15, 0.2) is 24.5 Å². The summed E-state index contributed by atoms with van der Waals surface area (Å²) in [6, 6.07) is 5.38. The average molecular weight is 291 g/mol. The highest BCUT2D eigenvalue weighted by atomic mass is 35.5. The van der Waals surface area contributed by atoms with Gasteiger partial charge in [0.15, 0.2) is 0 Å². The molecule has 3 N–H and O–H groups in total. The molecule has 0 fully saturated rings. The Morgan fingerprint density at radius 1 is 1.30 bits per heavy atom. The molecule has 0 atom stereocenters. The zero-order valence-electron chi connectivity index (χ0n) is 10.4. The first-order valence-electron chi connectivity index (χ1n) is 6.00. The topological polar surface area (TPSA) is 90.1 Å². The number of aromatic nitrogens is 2. The van der Waals surface area contributed by atoms with E-state index < -0.39 is 0 Å². The van der Waals surface area contributed by atoms with E-state index in [1.165, 1.54) is 6.33 Å². The fourth-order valence-corrected chi connectivity index (χ4v) is 2.11. The number of hydrogen-bond acceptors (Lipinski definition) is 5. The van der Waals surface area contributed by atoms with Crippen LogP contribution in [-0.4, -0.2) is 15.9 Å². The van der Waals surface area contributed by atoms with Crippen LogP contribution in [0, 0.1) is 0 Å². The molecule has 0 bridgehead atoms. The van der Waals surface area contributed by atoms with Crippen LogP contribution in [0.25, 0.3) is 0 Å². The number of anilines is 2. The zero-order chi connectivity index (χ0) is 14.1. The largest absolute Gasteiger partial charge is 0.437 e. The van der Waals surface area contributed by atoms with Crippen molar-refractivity contribution < 1.29 is 9.53 Å². The number of nitrogens with one attached hydrogen (secondary N) is 1. The third-order valence-corrected chi connectivity index (χ3v) is 3.33. The minimum atomic E-state index is 0.0257. The quantitative estimate of drug-likeness (QED) is 0.886. The van der Waals surface area contributed by atoms with E-state index in [1.807, 2.05) is 6.07 Å². The second kappa shape index (κ2) is 4.97. The van der Waals surface area contributed by atoms with Crippen molar-refractivity contribution >= 4 is 29.0 Å². The molecule has 0 unspecified atom stereocenters. The van der Waals surface area contributed by atoms with Crippen LogP contribution in [0.5, 0.6) is 11.6 Å². The Morgan fingerprint density at radius 2 is 2.15 bits per heavy atom. The van der Waals surface area contributed by atoms with Crippen molar-refractivity contribution in [2.75, 3.05) is 11.1 Å². The van der Waals surface area contributed by atoms with Gasteiger partial charge in [-0.05, 0) is 30.2 Å². The van der Waals surface area contributed by atoms with Gasteiger partial charge < -0.3 is 15.8 Å². The number of nitrogen functional groups attached to an aromatic ring is 1. The molecule has 1 aromatic carbocycles. The molecule has 20 heavy (non-hydrogen) atoms. The molecule has 0 spiro atoms. The van der Waals surface area contributed by atoms with Crippen molar-refractivity contribution in [1.29, 1.82) is 0 Å². The molecule has 0 saturated heterocycles. The Labute approximate surface area is 119 Å². The van der Waals surface area contributed by atoms with Gasteiger partial charge in [0, 0.05) is 12.1 Å². The van der Waals surface area contributed by atoms with E-state index in [4.69, 9.17) is 22.1 Å². The predicted molar refractivity (Wildman–Crippen MR) is 74.9 cm³/mol. The van der Waals surface area contributed by atoms with Gasteiger partial charge in [-0.15, -0.1) is 0 Å². The van der Waals surface area contributed by atoms with Gasteiger partial charge in [-0.25, -0.2) is 4.98 Å². The Kier molecular flexibility index (Phi) is 3.15. The lowest BCUT2D eigenvalue weighted by atomic mass is 10.0. The zero-order valence-corrected chi connectivity index (χ0v) is 11.1. The molecule has 0 saturated carbocycles. The summed E-state index contributed by atoms with van der Waals surface area (Å²) in [4.78, 5) is 19.0. The molecule has 3 rings (SSSR count). The highest BCUT2D eigenvalue weighted by Gasteiger charge is 2.16. The van der Waals surface area contributed by atoms with E-state index in [9.17, 15) is 4.79 Å². The number of aryl methyl sites for hydroxylation is 1. The number of fused-ring (bicyclic) bond motifs is 1. The number of halogens is 1. The third kappa shape index (κ3) is 2.37. The first-order chi connectivity index (χ1) is 9.63. The standard InChI is InChI=1S/C13H11ClN4O2/c14-11-12(15)16-6-17-13(11)20-8-2-3-9-7(5-8)1-4-10(19)18-9/h2-3,5-6H,1,4H2,(H,18,19)(H2,15,16,17). The molecule has 1 aliphatic heterocycles. The van der Waals surface area contributed by atoms with E-state index >= 15 is 0 Å². The highest BCUT2D eigenvalue weighted by molar-refractivity contribution is 6.34. The molecule has 7 heteroatoms. The number of hydrogen-bond donors (Lipinski definition) is 2. The normalized spacial score (nSPS) is 13.6. The first kappa shape index (κ1) is 12.7. The molecule has 2 aromatic rings. The van der Waals surface area contributed by atoms with Gasteiger partial charge in [0.1, 0.15) is 22.9 Å². The molecule has 1 aromatic heterocycles. The van der Waals surface area contributed by atoms with E-state index in [0.717, 1.165) is 11.3 Å². The minimum Gasteiger partial charge on any atom is -0.437 e. The molecule has 0 aliphatic carbocycles. The van der Waals surface area contributed by atoms with Crippen LogP contribution in [0.3, 0.4) is 0 Å². The van der Waals surface area contributed by atoms with Gasteiger partial charge >= 0.3 is 0 Å². The Balaban J connectivity index is 1.88. The van der Waals surface area contributed by atoms with E-state index in [-0.39, 0.29) is 22.6 Å². The SMILES string of the molecule is Nc1ncnc(Oc2ccc3c(c2)CCC(=O)N3)c1Cl. The minimum absolute atomic E-state index is 0.0257. The summed E-state index contributed by atoms with van der Waals surface area (Å²) in [5.41, 5.74) is 7.41. The maximum Gasteiger partial charge on any atom is 0.243 e. The molecule has 0 radical (unpaired) electrons. The van der Waals surface area contributed by atoms with Gasteiger partial charge in [0.05, 0.1) is 0 Å². The summed E-state index contributed by atoms with van der Waals surface area (Å²) in [5.74, 6) is 0.985. The average Bonchev–Trinajstić information content (AvgIpc) is 2.44. The van der Waals surface area contributed by atoms with Gasteiger partial charge in [0.25, 0.3) is 0 Å². The lowest BCUT2D eigenvalue weighted by Crippen LogP contribution is -2.18. The number of carbonyl (C=O) groups is 1. The fraction of sp³-hybridized carbons (Fsp3) is 0.154. The molecule has 1 amide bonds. The van der Waals surface area contributed by atoms with Crippen molar-refractivity contribution in [3.63, 3.8) is 0 Å². The lowest BCUT2D eigenvalue weighted by molar-refractivity contribution is -0.116. The summed E-state index contributed by atoms with van der Waals surface area (Å²) < 4.78 is 5.61. The number of nitrogens with zero attached hydrogens (tertiary/aromatic N) is 2. The monoisotopic (exact) mass is 290 g/mol. The van der Waals surface area contributed by atoms with E-state index in [0.29, 0.717) is 18.6 Å². The lowest BCUT2D eigenvalue weighted by Gasteiger charge is -2.17. The van der Waals surface area contributed by atoms with Gasteiger partial charge in [-0.3, -0.25) is 4.79 Å². The van der Waals surface area contributed by atoms with Crippen LogP contribution < -0.4 is 15.8 Å². The second-order valence-corrected chi connectivity index (χ2v) is 4.73. The first-order valence-corrected chi connectivity index (χ1v) is 6.38. The highest BCUT2D eigenvalue weighted by Crippen LogP contribution is 2.32. The molecular weight excluding hydrogens is 280 g/mol. The second-order valence-electron chi connectivity index (χ2n) is 4.35. The van der Waals surface area contributed by atoms with Crippen LogP contribution in [0.2, 0.25) is 5.02 Å². The molecule has 102 valence electrons. The number of benzene rings is 1. The van der Waals surface area contributed by atoms with Crippen LogP contribution in [0.4, 0.5) is 11.5 Å². The number of nitrogens with two attached hydrogens (primary N) is 1. The Morgan fingerprint density at radius 3 is 3.00 bits per heavy atom. The maximum absolute atomic E-state index is 11.3. The van der Waals surface area contributed by atoms with Crippen molar-refractivity contribution in [2.24, 2.45) is 0 Å². The number of ether oxygens (including phenoxy) is 1. The number of rotatable bonds is 2. The van der Waals surface area contributed by atoms with Crippen LogP contribution >= 0.6 is 11.6 Å². The van der Waals surface area contributed by atoms with Gasteiger partial charge in [-0.1, -0.05) is 11.6 Å². The smallest absolute Gasteiger partial charge is 0.243 e. The van der Waals surface area contributed by atoms with Crippen molar-refractivity contribution in [2.45, 2.75) is 12.8 Å². The number of carbonyl (C=O) groups excluding carboxylic acids is 1. The van der Waals surface area contributed by atoms with Crippen LogP contribution in [0.1, 0.15) is 12.0 Å². The van der Waals surface area contributed by atoms with E-state index in [2.05, 4.69) is 15.3 Å². The summed E-state index contributed by atoms with van der Waals surface area (Å²) in [7, 11) is 0. The Hall–Kier alpha value is -2.34. The van der Waals surface area contributed by atoms with Crippen molar-refractivity contribution in [3.8, 4) is 11.6 Å². The van der Waals surface area contributed by atoms with E-state index in [1.54, 1.807) is 12.1 Å². The van der Waals surface area contributed by atoms with Crippen molar-refractivity contribution in [3.05, 3.63) is 35.1 Å². The predicted octanol–water partition coefficient (Wildman–Crippen LogP) is 2.39. The molecular formula is C13H11ClN4O2. The third-order valence-electron chi connectivity index (χ3n) is 2.97. The fourth-order valence-electron chi connectivity index (χ4n) is 1.97. The summed E-state index contributed by atoms with van der Waals surface area (Å²) in [6.45, 7) is 0. The summed E-state index contributed by atoms with van der Waals surface area (Å²) in [6.07, 6.45) is 2.44. The summed E-state index contributed by atoms with van der Waals surface area (Å²) >= 11 is 5.97.